The molecular formula is C19H22N2O4S. The Morgan fingerprint density at radius 2 is 1.77 bits per heavy atom. The zero-order chi connectivity index (χ0) is 18.9. The number of hydrogen-bond donors (Lipinski definition) is 1. The summed E-state index contributed by atoms with van der Waals surface area (Å²) in [6.45, 7) is 4.03. The molecule has 1 unspecified atom stereocenters. The van der Waals surface area contributed by atoms with Gasteiger partial charge >= 0.3 is 0 Å². The molecule has 0 saturated carbocycles. The highest BCUT2D eigenvalue weighted by atomic mass is 32.2. The Morgan fingerprint density at radius 3 is 2.42 bits per heavy atom. The number of carbonyl (C=O) groups excluding carboxylic acids is 1. The first-order valence-corrected chi connectivity index (χ1v) is 10.2. The molecule has 0 bridgehead atoms. The highest BCUT2D eigenvalue weighted by Gasteiger charge is 2.31. The molecule has 6 nitrogen and oxygen atoms in total. The maximum Gasteiger partial charge on any atom is 0.265 e. The summed E-state index contributed by atoms with van der Waals surface area (Å²) in [6, 6.07) is 12.8. The van der Waals surface area contributed by atoms with Crippen molar-refractivity contribution >= 4 is 27.3 Å². The minimum absolute atomic E-state index is 0.182. The summed E-state index contributed by atoms with van der Waals surface area (Å²) >= 11 is 0. The zero-order valence-corrected chi connectivity index (χ0v) is 15.8. The van der Waals surface area contributed by atoms with Gasteiger partial charge in [-0.2, -0.15) is 0 Å². The molecule has 1 amide bonds. The normalized spacial score (nSPS) is 17.0. The summed E-state index contributed by atoms with van der Waals surface area (Å²) in [5.74, 6) is 0.0957. The van der Waals surface area contributed by atoms with Crippen LogP contribution in [0.1, 0.15) is 17.5 Å². The number of amides is 1. The maximum absolute atomic E-state index is 12.6. The third kappa shape index (κ3) is 3.99. The van der Waals surface area contributed by atoms with E-state index in [1.807, 2.05) is 44.2 Å². The Hall–Kier alpha value is -2.54. The van der Waals surface area contributed by atoms with Gasteiger partial charge in [-0.15, -0.1) is 0 Å². The van der Waals surface area contributed by atoms with E-state index in [4.69, 9.17) is 4.74 Å². The average molecular weight is 374 g/mol. The zero-order valence-electron chi connectivity index (χ0n) is 15.0. The molecule has 7 heteroatoms. The lowest BCUT2D eigenvalue weighted by Crippen LogP contribution is -2.35. The predicted molar refractivity (Wildman–Crippen MR) is 102 cm³/mol. The van der Waals surface area contributed by atoms with E-state index >= 15 is 0 Å². The third-order valence-corrected chi connectivity index (χ3v) is 5.44. The van der Waals surface area contributed by atoms with Crippen LogP contribution in [0, 0.1) is 13.8 Å². The lowest BCUT2D eigenvalue weighted by Gasteiger charge is -2.21. The first-order valence-electron chi connectivity index (χ1n) is 8.36. The second-order valence-electron chi connectivity index (χ2n) is 6.56. The van der Waals surface area contributed by atoms with Gasteiger partial charge in [0.05, 0.1) is 11.9 Å². The second-order valence-corrected chi connectivity index (χ2v) is 8.46. The first-order chi connectivity index (χ1) is 12.2. The highest BCUT2D eigenvalue weighted by Crippen LogP contribution is 2.35. The van der Waals surface area contributed by atoms with Crippen molar-refractivity contribution in [2.45, 2.75) is 26.4 Å². The van der Waals surface area contributed by atoms with E-state index in [0.717, 1.165) is 17.4 Å². The van der Waals surface area contributed by atoms with Crippen LogP contribution in [0.15, 0.2) is 42.5 Å². The molecule has 0 aliphatic carbocycles. The van der Waals surface area contributed by atoms with Gasteiger partial charge in [-0.1, -0.05) is 23.8 Å². The number of ether oxygens (including phenoxy) is 1. The van der Waals surface area contributed by atoms with Crippen LogP contribution in [-0.4, -0.2) is 33.2 Å². The number of benzene rings is 2. The van der Waals surface area contributed by atoms with Gasteiger partial charge in [-0.25, -0.2) is 8.42 Å². The van der Waals surface area contributed by atoms with Crippen molar-refractivity contribution in [2.75, 3.05) is 22.4 Å². The molecule has 2 aromatic carbocycles. The van der Waals surface area contributed by atoms with Gasteiger partial charge in [0.2, 0.25) is 10.0 Å². The number of hydrogen-bond acceptors (Lipinski definition) is 4. The molecule has 0 spiro atoms. The van der Waals surface area contributed by atoms with Gasteiger partial charge in [-0.05, 0) is 43.7 Å². The van der Waals surface area contributed by atoms with E-state index in [1.54, 1.807) is 12.1 Å². The van der Waals surface area contributed by atoms with Crippen LogP contribution in [-0.2, 0) is 14.8 Å². The van der Waals surface area contributed by atoms with Crippen LogP contribution < -0.4 is 14.4 Å². The Kier molecular flexibility index (Phi) is 4.91. The van der Waals surface area contributed by atoms with E-state index in [0.29, 0.717) is 17.1 Å². The SMILES string of the molecule is Cc1ccc(NC(=O)C2CCN(S(C)(=O)=O)c3cc(C)ccc3O2)cc1. The number of sulfonamides is 1. The minimum Gasteiger partial charge on any atom is -0.478 e. The number of nitrogens with one attached hydrogen (secondary N) is 1. The quantitative estimate of drug-likeness (QED) is 0.896. The molecule has 2 aromatic rings. The molecule has 1 aliphatic heterocycles. The summed E-state index contributed by atoms with van der Waals surface area (Å²) in [5, 5.41) is 2.83. The summed E-state index contributed by atoms with van der Waals surface area (Å²) in [6.07, 6.45) is 0.647. The van der Waals surface area contributed by atoms with E-state index in [-0.39, 0.29) is 18.9 Å². The van der Waals surface area contributed by atoms with Gasteiger partial charge in [0, 0.05) is 18.7 Å². The van der Waals surface area contributed by atoms with Gasteiger partial charge in [0.25, 0.3) is 5.91 Å². The Bertz CT molecular complexity index is 923. The second kappa shape index (κ2) is 6.99. The monoisotopic (exact) mass is 374 g/mol. The molecule has 26 heavy (non-hydrogen) atoms. The van der Waals surface area contributed by atoms with E-state index in [2.05, 4.69) is 5.32 Å². The third-order valence-electron chi connectivity index (χ3n) is 4.26. The van der Waals surface area contributed by atoms with Crippen molar-refractivity contribution in [1.29, 1.82) is 0 Å². The Balaban J connectivity index is 1.86. The predicted octanol–water partition coefficient (Wildman–Crippen LogP) is 2.86. The van der Waals surface area contributed by atoms with Crippen molar-refractivity contribution in [2.24, 2.45) is 0 Å². The largest absolute Gasteiger partial charge is 0.478 e. The molecule has 1 N–H and O–H groups in total. The fraction of sp³-hybridized carbons (Fsp3) is 0.316. The summed E-state index contributed by atoms with van der Waals surface area (Å²) in [7, 11) is -3.47. The highest BCUT2D eigenvalue weighted by molar-refractivity contribution is 7.92. The molecule has 0 aromatic heterocycles. The van der Waals surface area contributed by atoms with Gasteiger partial charge in [-0.3, -0.25) is 9.10 Å². The molecule has 0 saturated heterocycles. The lowest BCUT2D eigenvalue weighted by molar-refractivity contribution is -0.122. The summed E-state index contributed by atoms with van der Waals surface area (Å²) in [4.78, 5) is 12.6. The van der Waals surface area contributed by atoms with E-state index in [1.165, 1.54) is 4.31 Å². The summed E-state index contributed by atoms with van der Waals surface area (Å²) < 4.78 is 31.5. The standard InChI is InChI=1S/C19H22N2O4S/c1-13-4-7-15(8-5-13)20-19(22)18-10-11-21(26(3,23)24)16-12-14(2)6-9-17(16)25-18/h4-9,12,18H,10-11H2,1-3H3,(H,20,22). The van der Waals surface area contributed by atoms with Crippen LogP contribution in [0.4, 0.5) is 11.4 Å². The van der Waals surface area contributed by atoms with Crippen molar-refractivity contribution in [3.63, 3.8) is 0 Å². The molecule has 0 fully saturated rings. The molecular weight excluding hydrogens is 352 g/mol. The summed E-state index contributed by atoms with van der Waals surface area (Å²) in [5.41, 5.74) is 3.17. The van der Waals surface area contributed by atoms with Crippen LogP contribution in [0.2, 0.25) is 0 Å². The van der Waals surface area contributed by atoms with Crippen molar-refractivity contribution < 1.29 is 17.9 Å². The van der Waals surface area contributed by atoms with Crippen molar-refractivity contribution in [1.82, 2.24) is 0 Å². The smallest absolute Gasteiger partial charge is 0.265 e. The molecule has 1 aliphatic rings. The lowest BCUT2D eigenvalue weighted by atomic mass is 10.2. The van der Waals surface area contributed by atoms with Crippen molar-refractivity contribution in [3.8, 4) is 5.75 Å². The molecule has 3 rings (SSSR count). The molecule has 138 valence electrons. The number of carbonyl (C=O) groups is 1. The number of rotatable bonds is 3. The van der Waals surface area contributed by atoms with Crippen molar-refractivity contribution in [3.05, 3.63) is 53.6 Å². The molecule has 1 atom stereocenters. The topological polar surface area (TPSA) is 75.7 Å². The minimum atomic E-state index is -3.47. The maximum atomic E-state index is 12.6. The van der Waals surface area contributed by atoms with Gasteiger partial charge in [0.1, 0.15) is 5.75 Å². The fourth-order valence-electron chi connectivity index (χ4n) is 2.88. The number of nitrogens with zero attached hydrogens (tertiary/aromatic N) is 1. The first kappa shape index (κ1) is 18.3. The van der Waals surface area contributed by atoms with Crippen LogP contribution in [0.5, 0.6) is 5.75 Å². The fourth-order valence-corrected chi connectivity index (χ4v) is 3.81. The Labute approximate surface area is 153 Å². The molecule has 1 heterocycles. The van der Waals surface area contributed by atoms with Crippen LogP contribution >= 0.6 is 0 Å². The molecule has 0 radical (unpaired) electrons. The number of fused-ring (bicyclic) bond motifs is 1. The number of anilines is 2. The Morgan fingerprint density at radius 1 is 1.12 bits per heavy atom. The van der Waals surface area contributed by atoms with Crippen LogP contribution in [0.25, 0.3) is 0 Å². The van der Waals surface area contributed by atoms with Gasteiger partial charge in [0.15, 0.2) is 6.10 Å². The van der Waals surface area contributed by atoms with E-state index < -0.39 is 16.1 Å². The average Bonchev–Trinajstić information content (AvgIpc) is 2.76. The van der Waals surface area contributed by atoms with Crippen LogP contribution in [0.3, 0.4) is 0 Å². The number of aryl methyl sites for hydroxylation is 2. The van der Waals surface area contributed by atoms with E-state index in [9.17, 15) is 13.2 Å². The van der Waals surface area contributed by atoms with Gasteiger partial charge < -0.3 is 10.1 Å².